The van der Waals surface area contributed by atoms with Crippen molar-refractivity contribution < 1.29 is 33.4 Å². The summed E-state index contributed by atoms with van der Waals surface area (Å²) in [5.41, 5.74) is 6.43. The van der Waals surface area contributed by atoms with Crippen molar-refractivity contribution in [1.82, 2.24) is 21.3 Å². The van der Waals surface area contributed by atoms with Crippen molar-refractivity contribution in [3.8, 4) is 0 Å². The van der Waals surface area contributed by atoms with Crippen LogP contribution in [0, 0.1) is 11.8 Å². The highest BCUT2D eigenvalue weighted by molar-refractivity contribution is 5.91. The van der Waals surface area contributed by atoms with Gasteiger partial charge in [0.15, 0.2) is 0 Å². The van der Waals surface area contributed by atoms with Gasteiger partial charge in [-0.1, -0.05) is 50.3 Å². The molecule has 1 heterocycles. The molecule has 0 radical (unpaired) electrons. The lowest BCUT2D eigenvalue weighted by Crippen LogP contribution is -2.55. The van der Waals surface area contributed by atoms with Crippen molar-refractivity contribution in [2.45, 2.75) is 84.0 Å². The largest absolute Gasteiger partial charge is 0.463 e. The molecule has 1 aliphatic rings. The van der Waals surface area contributed by atoms with E-state index in [2.05, 4.69) is 21.3 Å². The minimum absolute atomic E-state index is 0.0436. The Labute approximate surface area is 253 Å². The predicted octanol–water partition coefficient (Wildman–Crippen LogP) is 2.07. The molecule has 6 N–H and O–H groups in total. The first kappa shape index (κ1) is 35.3. The zero-order valence-corrected chi connectivity index (χ0v) is 25.4. The number of unbranched alkanes of at least 4 members (excludes halogenated alkanes) is 1. The lowest BCUT2D eigenvalue weighted by atomic mass is 9.96. The van der Waals surface area contributed by atoms with Crippen molar-refractivity contribution in [2.75, 3.05) is 19.7 Å². The molecule has 1 aromatic carbocycles. The van der Waals surface area contributed by atoms with E-state index in [9.17, 15) is 24.0 Å². The highest BCUT2D eigenvalue weighted by Gasteiger charge is 2.31. The molecule has 12 nitrogen and oxygen atoms in total. The van der Waals surface area contributed by atoms with Gasteiger partial charge in [-0.2, -0.15) is 0 Å². The number of rotatable bonds is 18. The number of esters is 1. The van der Waals surface area contributed by atoms with Gasteiger partial charge in [-0.05, 0) is 63.5 Å². The predicted molar refractivity (Wildman–Crippen MR) is 161 cm³/mol. The standard InChI is InChI=1S/C31H47N5O7/c1-4-42-27(37)14-13-24(19-23-15-17-33-28(23)38)34-30(40)26(18-21(2)3)35-29(39)25(12-8-9-16-32)36-31(41)43-20-22-10-6-5-7-11-22/h5-7,10-11,13-14,21,23-26H,4,8-9,12,15-20,32H2,1-3H3,(H,33,38)(H,34,40)(H,35,39)(H,36,41)/b14-13+/t23-,24+,25-,26-/m0/s1. The van der Waals surface area contributed by atoms with Crippen LogP contribution >= 0.6 is 0 Å². The van der Waals surface area contributed by atoms with Gasteiger partial charge in [-0.15, -0.1) is 0 Å². The molecule has 43 heavy (non-hydrogen) atoms. The maximum Gasteiger partial charge on any atom is 0.408 e. The van der Waals surface area contributed by atoms with Gasteiger partial charge in [0.05, 0.1) is 6.61 Å². The summed E-state index contributed by atoms with van der Waals surface area (Å²) in [4.78, 5) is 63.7. The molecule has 0 aliphatic carbocycles. The molecule has 1 saturated heterocycles. The molecule has 4 amide bonds. The number of carbonyl (C=O) groups is 5. The third-order valence-electron chi connectivity index (χ3n) is 6.89. The molecule has 0 aromatic heterocycles. The number of alkyl carbamates (subject to hydrolysis) is 1. The minimum atomic E-state index is -0.945. The zero-order chi connectivity index (χ0) is 31.6. The molecule has 1 aromatic rings. The number of hydrogen-bond donors (Lipinski definition) is 5. The van der Waals surface area contributed by atoms with E-state index in [4.69, 9.17) is 15.2 Å². The van der Waals surface area contributed by atoms with E-state index in [0.717, 1.165) is 5.56 Å². The van der Waals surface area contributed by atoms with Gasteiger partial charge in [0.2, 0.25) is 17.7 Å². The van der Waals surface area contributed by atoms with E-state index >= 15 is 0 Å². The summed E-state index contributed by atoms with van der Waals surface area (Å²) >= 11 is 0. The Bertz CT molecular complexity index is 1080. The molecular formula is C31H47N5O7. The summed E-state index contributed by atoms with van der Waals surface area (Å²) in [5.74, 6) is -1.94. The van der Waals surface area contributed by atoms with Crippen LogP contribution < -0.4 is 27.0 Å². The summed E-state index contributed by atoms with van der Waals surface area (Å²) in [6, 6.07) is 6.64. The van der Waals surface area contributed by atoms with E-state index in [-0.39, 0.29) is 37.4 Å². The Morgan fingerprint density at radius 3 is 2.37 bits per heavy atom. The topological polar surface area (TPSA) is 178 Å². The Kier molecular flexibility index (Phi) is 15.8. The number of ether oxygens (including phenoxy) is 2. The van der Waals surface area contributed by atoms with Crippen molar-refractivity contribution in [2.24, 2.45) is 17.6 Å². The average Bonchev–Trinajstić information content (AvgIpc) is 3.38. The highest BCUT2D eigenvalue weighted by Crippen LogP contribution is 2.17. The van der Waals surface area contributed by atoms with Crippen molar-refractivity contribution in [1.29, 1.82) is 0 Å². The fourth-order valence-electron chi connectivity index (χ4n) is 4.67. The SMILES string of the molecule is CCOC(=O)/C=C/[C@H](C[C@@H]1CCNC1=O)NC(=O)[C@H](CC(C)C)NC(=O)[C@H](CCCCN)NC(=O)OCc1ccccc1. The summed E-state index contributed by atoms with van der Waals surface area (Å²) in [5, 5.41) is 11.1. The third kappa shape index (κ3) is 13.7. The van der Waals surface area contributed by atoms with Crippen molar-refractivity contribution in [3.05, 3.63) is 48.0 Å². The molecule has 0 spiro atoms. The summed E-state index contributed by atoms with van der Waals surface area (Å²) in [6.45, 7) is 6.76. The highest BCUT2D eigenvalue weighted by atomic mass is 16.5. The number of amides is 4. The molecule has 4 atom stereocenters. The van der Waals surface area contributed by atoms with Gasteiger partial charge < -0.3 is 36.5 Å². The Morgan fingerprint density at radius 2 is 1.74 bits per heavy atom. The summed E-state index contributed by atoms with van der Waals surface area (Å²) < 4.78 is 10.3. The van der Waals surface area contributed by atoms with E-state index < -0.39 is 42.0 Å². The molecule has 2 rings (SSSR count). The van der Waals surface area contributed by atoms with Gasteiger partial charge in [-0.25, -0.2) is 9.59 Å². The molecule has 0 unspecified atom stereocenters. The van der Waals surface area contributed by atoms with Crippen molar-refractivity contribution >= 4 is 29.8 Å². The van der Waals surface area contributed by atoms with Crippen molar-refractivity contribution in [3.63, 3.8) is 0 Å². The van der Waals surface area contributed by atoms with Crippen LogP contribution in [0.15, 0.2) is 42.5 Å². The van der Waals surface area contributed by atoms with Gasteiger partial charge in [0, 0.05) is 24.6 Å². The van der Waals surface area contributed by atoms with Crippen LogP contribution in [0.3, 0.4) is 0 Å². The number of benzene rings is 1. The molecule has 1 aliphatic heterocycles. The van der Waals surface area contributed by atoms with E-state index in [1.54, 1.807) is 6.92 Å². The Hall–Kier alpha value is -3.93. The average molecular weight is 602 g/mol. The van der Waals surface area contributed by atoms with Crippen LogP contribution in [0.1, 0.15) is 64.9 Å². The first-order valence-corrected chi connectivity index (χ1v) is 15.0. The second kappa shape index (κ2) is 19.3. The number of carbonyl (C=O) groups excluding carboxylic acids is 5. The summed E-state index contributed by atoms with van der Waals surface area (Å²) in [6.07, 6.45) is 4.76. The number of nitrogens with one attached hydrogen (secondary N) is 4. The first-order valence-electron chi connectivity index (χ1n) is 15.0. The Balaban J connectivity index is 2.13. The molecule has 238 valence electrons. The van der Waals surface area contributed by atoms with Crippen LogP contribution in [-0.2, 0) is 35.3 Å². The first-order chi connectivity index (χ1) is 20.6. The number of nitrogens with two attached hydrogens (primary N) is 1. The Morgan fingerprint density at radius 1 is 1.02 bits per heavy atom. The zero-order valence-electron chi connectivity index (χ0n) is 25.4. The van der Waals surface area contributed by atoms with E-state index in [1.807, 2.05) is 44.2 Å². The lowest BCUT2D eigenvalue weighted by Gasteiger charge is -2.26. The molecule has 0 saturated carbocycles. The van der Waals surface area contributed by atoms with Crippen LogP contribution in [0.4, 0.5) is 4.79 Å². The monoisotopic (exact) mass is 601 g/mol. The van der Waals surface area contributed by atoms with E-state index in [1.165, 1.54) is 12.2 Å². The minimum Gasteiger partial charge on any atom is -0.463 e. The van der Waals surface area contributed by atoms with Crippen LogP contribution in [0.2, 0.25) is 0 Å². The number of hydrogen-bond acceptors (Lipinski definition) is 8. The van der Waals surface area contributed by atoms with Crippen LogP contribution in [0.5, 0.6) is 0 Å². The van der Waals surface area contributed by atoms with Gasteiger partial charge in [-0.3, -0.25) is 14.4 Å². The molecule has 0 bridgehead atoms. The molecular weight excluding hydrogens is 554 g/mol. The normalized spacial score (nSPS) is 16.7. The van der Waals surface area contributed by atoms with Gasteiger partial charge in [0.25, 0.3) is 0 Å². The molecule has 1 fully saturated rings. The maximum atomic E-state index is 13.5. The smallest absolute Gasteiger partial charge is 0.408 e. The summed E-state index contributed by atoms with van der Waals surface area (Å²) in [7, 11) is 0. The quantitative estimate of drug-likeness (QED) is 0.0964. The lowest BCUT2D eigenvalue weighted by molar-refractivity contribution is -0.137. The second-order valence-electron chi connectivity index (χ2n) is 11.0. The molecule has 12 heteroatoms. The second-order valence-corrected chi connectivity index (χ2v) is 11.0. The van der Waals surface area contributed by atoms with Gasteiger partial charge in [0.1, 0.15) is 18.7 Å². The maximum absolute atomic E-state index is 13.5. The third-order valence-corrected chi connectivity index (χ3v) is 6.89. The van der Waals surface area contributed by atoms with Crippen LogP contribution in [0.25, 0.3) is 0 Å². The van der Waals surface area contributed by atoms with E-state index in [0.29, 0.717) is 45.2 Å². The van der Waals surface area contributed by atoms with Crippen LogP contribution in [-0.4, -0.2) is 67.6 Å². The van der Waals surface area contributed by atoms with Gasteiger partial charge >= 0.3 is 12.1 Å². The fraction of sp³-hybridized carbons (Fsp3) is 0.581. The fourth-order valence-corrected chi connectivity index (χ4v) is 4.67.